The Labute approximate surface area is 192 Å². The van der Waals surface area contributed by atoms with Gasteiger partial charge in [0.2, 0.25) is 5.95 Å². The third kappa shape index (κ3) is 6.18. The third-order valence-electron chi connectivity index (χ3n) is 5.47. The number of hydrogen-bond donors (Lipinski definition) is 4. The number of benzene rings is 2. The van der Waals surface area contributed by atoms with Crippen LogP contribution in [0.3, 0.4) is 0 Å². The Bertz CT molecular complexity index is 1070. The largest absolute Gasteiger partial charge is 0.492 e. The average molecular weight is 449 g/mol. The van der Waals surface area contributed by atoms with Crippen molar-refractivity contribution in [3.05, 3.63) is 65.9 Å². The molecule has 0 saturated carbocycles. The standard InChI is InChI=1S/C24H28N6O3/c1-17-16-25-24(28-22(17)26-19-6-4-18(5-7-19)23(31)29-32)27-20-8-10-21(11-9-20)33-15-14-30-12-2-3-13-30/h4-11,16,32H,2-3,12-15H2,1H3,(H,29,31)(H2,25,26,27,28). The van der Waals surface area contributed by atoms with Crippen molar-refractivity contribution in [1.29, 1.82) is 0 Å². The minimum absolute atomic E-state index is 0.355. The van der Waals surface area contributed by atoms with E-state index in [1.54, 1.807) is 35.9 Å². The summed E-state index contributed by atoms with van der Waals surface area (Å²) in [5, 5.41) is 15.2. The molecule has 172 valence electrons. The number of hydrogen-bond acceptors (Lipinski definition) is 8. The maximum Gasteiger partial charge on any atom is 0.274 e. The molecule has 2 aromatic carbocycles. The number of nitrogens with one attached hydrogen (secondary N) is 3. The number of carbonyl (C=O) groups excluding carboxylic acids is 1. The molecule has 4 N–H and O–H groups in total. The number of aryl methyl sites for hydroxylation is 1. The Morgan fingerprint density at radius 2 is 1.70 bits per heavy atom. The van der Waals surface area contributed by atoms with E-state index in [4.69, 9.17) is 9.94 Å². The van der Waals surface area contributed by atoms with Gasteiger partial charge in [-0.3, -0.25) is 14.9 Å². The topological polar surface area (TPSA) is 112 Å². The first-order chi connectivity index (χ1) is 16.1. The van der Waals surface area contributed by atoms with Gasteiger partial charge in [0.25, 0.3) is 5.91 Å². The molecule has 1 aliphatic rings. The van der Waals surface area contributed by atoms with Crippen LogP contribution in [0.5, 0.6) is 5.75 Å². The van der Waals surface area contributed by atoms with Crippen LogP contribution in [0.1, 0.15) is 28.8 Å². The molecule has 33 heavy (non-hydrogen) atoms. The molecular weight excluding hydrogens is 420 g/mol. The van der Waals surface area contributed by atoms with Crippen molar-refractivity contribution >= 4 is 29.0 Å². The number of rotatable bonds is 9. The van der Waals surface area contributed by atoms with E-state index in [0.717, 1.165) is 29.2 Å². The van der Waals surface area contributed by atoms with Crippen LogP contribution in [-0.2, 0) is 0 Å². The number of ether oxygens (including phenoxy) is 1. The molecule has 0 aliphatic carbocycles. The summed E-state index contributed by atoms with van der Waals surface area (Å²) in [6.07, 6.45) is 4.31. The van der Waals surface area contributed by atoms with Gasteiger partial charge in [-0.2, -0.15) is 4.98 Å². The summed E-state index contributed by atoms with van der Waals surface area (Å²) < 4.78 is 5.86. The van der Waals surface area contributed by atoms with Gasteiger partial charge in [0.05, 0.1) is 0 Å². The van der Waals surface area contributed by atoms with E-state index in [2.05, 4.69) is 25.5 Å². The molecular formula is C24H28N6O3. The van der Waals surface area contributed by atoms with E-state index in [9.17, 15) is 4.79 Å². The predicted molar refractivity (Wildman–Crippen MR) is 127 cm³/mol. The monoisotopic (exact) mass is 448 g/mol. The summed E-state index contributed by atoms with van der Waals surface area (Å²) in [5.74, 6) is 1.38. The molecule has 0 radical (unpaired) electrons. The number of likely N-dealkylation sites (tertiary alicyclic amines) is 1. The molecule has 1 saturated heterocycles. The molecule has 0 bridgehead atoms. The lowest BCUT2D eigenvalue weighted by atomic mass is 10.2. The quantitative estimate of drug-likeness (QED) is 0.288. The molecule has 2 heterocycles. The Balaban J connectivity index is 1.34. The molecule has 0 spiro atoms. The number of nitrogens with zero attached hydrogens (tertiary/aromatic N) is 3. The van der Waals surface area contributed by atoms with Crippen LogP contribution in [0.4, 0.5) is 23.1 Å². The van der Waals surface area contributed by atoms with Gasteiger partial charge in [-0.05, 0) is 81.4 Å². The molecule has 0 unspecified atom stereocenters. The highest BCUT2D eigenvalue weighted by molar-refractivity contribution is 5.93. The molecule has 4 rings (SSSR count). The summed E-state index contributed by atoms with van der Waals surface area (Å²) in [6.45, 7) is 5.91. The van der Waals surface area contributed by atoms with E-state index in [1.165, 1.54) is 25.9 Å². The fourth-order valence-electron chi connectivity index (χ4n) is 3.60. The van der Waals surface area contributed by atoms with Gasteiger partial charge in [0, 0.05) is 35.2 Å². The van der Waals surface area contributed by atoms with Gasteiger partial charge in [-0.1, -0.05) is 0 Å². The lowest BCUT2D eigenvalue weighted by molar-refractivity contribution is 0.0706. The Morgan fingerprint density at radius 3 is 2.39 bits per heavy atom. The van der Waals surface area contributed by atoms with Crippen LogP contribution in [-0.4, -0.2) is 52.2 Å². The average Bonchev–Trinajstić information content (AvgIpc) is 3.36. The van der Waals surface area contributed by atoms with Crippen molar-refractivity contribution in [2.45, 2.75) is 19.8 Å². The molecule has 1 fully saturated rings. The van der Waals surface area contributed by atoms with Crippen LogP contribution in [0.15, 0.2) is 54.7 Å². The fraction of sp³-hybridized carbons (Fsp3) is 0.292. The lowest BCUT2D eigenvalue weighted by Crippen LogP contribution is -2.25. The number of carbonyl (C=O) groups is 1. The zero-order valence-corrected chi connectivity index (χ0v) is 18.5. The molecule has 1 amide bonds. The second-order valence-corrected chi connectivity index (χ2v) is 7.92. The van der Waals surface area contributed by atoms with Gasteiger partial charge < -0.3 is 15.4 Å². The summed E-state index contributed by atoms with van der Waals surface area (Å²) in [5.41, 5.74) is 4.46. The molecule has 1 aliphatic heterocycles. The first-order valence-corrected chi connectivity index (χ1v) is 11.0. The molecule has 1 aromatic heterocycles. The molecule has 9 heteroatoms. The number of hydroxylamine groups is 1. The Kier molecular flexibility index (Phi) is 7.33. The van der Waals surface area contributed by atoms with Crippen LogP contribution >= 0.6 is 0 Å². The highest BCUT2D eigenvalue weighted by Crippen LogP contribution is 2.22. The van der Waals surface area contributed by atoms with Gasteiger partial charge in [0.15, 0.2) is 0 Å². The van der Waals surface area contributed by atoms with E-state index >= 15 is 0 Å². The highest BCUT2D eigenvalue weighted by atomic mass is 16.5. The van der Waals surface area contributed by atoms with Crippen LogP contribution in [0.2, 0.25) is 0 Å². The van der Waals surface area contributed by atoms with E-state index in [0.29, 0.717) is 23.9 Å². The van der Waals surface area contributed by atoms with E-state index in [-0.39, 0.29) is 0 Å². The smallest absolute Gasteiger partial charge is 0.274 e. The SMILES string of the molecule is Cc1cnc(Nc2ccc(OCCN3CCCC3)cc2)nc1Nc1ccc(C(=O)NO)cc1. The number of anilines is 4. The van der Waals surface area contributed by atoms with Gasteiger partial charge in [-0.15, -0.1) is 0 Å². The maximum absolute atomic E-state index is 11.5. The second kappa shape index (κ2) is 10.8. The van der Waals surface area contributed by atoms with Crippen LogP contribution in [0.25, 0.3) is 0 Å². The molecule has 0 atom stereocenters. The first kappa shape index (κ1) is 22.5. The van der Waals surface area contributed by atoms with E-state index in [1.807, 2.05) is 31.2 Å². The van der Waals surface area contributed by atoms with Crippen LogP contribution < -0.4 is 20.9 Å². The first-order valence-electron chi connectivity index (χ1n) is 11.0. The van der Waals surface area contributed by atoms with Crippen molar-refractivity contribution in [2.24, 2.45) is 0 Å². The Morgan fingerprint density at radius 1 is 1.03 bits per heavy atom. The zero-order valence-electron chi connectivity index (χ0n) is 18.5. The van der Waals surface area contributed by atoms with Crippen molar-refractivity contribution < 1.29 is 14.7 Å². The summed E-state index contributed by atoms with van der Waals surface area (Å²) >= 11 is 0. The summed E-state index contributed by atoms with van der Waals surface area (Å²) in [7, 11) is 0. The van der Waals surface area contributed by atoms with Crippen LogP contribution in [0, 0.1) is 6.92 Å². The lowest BCUT2D eigenvalue weighted by Gasteiger charge is -2.15. The minimum Gasteiger partial charge on any atom is -0.492 e. The normalized spacial score (nSPS) is 13.5. The van der Waals surface area contributed by atoms with Crippen molar-refractivity contribution in [2.75, 3.05) is 36.9 Å². The predicted octanol–water partition coefficient (Wildman–Crippen LogP) is 3.87. The van der Waals surface area contributed by atoms with Crippen molar-refractivity contribution in [1.82, 2.24) is 20.3 Å². The summed E-state index contributed by atoms with van der Waals surface area (Å²) in [6, 6.07) is 14.4. The third-order valence-corrected chi connectivity index (χ3v) is 5.47. The number of aromatic nitrogens is 2. The molecule has 9 nitrogen and oxygen atoms in total. The number of amides is 1. The van der Waals surface area contributed by atoms with Crippen molar-refractivity contribution in [3.8, 4) is 5.75 Å². The molecule has 3 aromatic rings. The van der Waals surface area contributed by atoms with Gasteiger partial charge in [-0.25, -0.2) is 10.5 Å². The van der Waals surface area contributed by atoms with Crippen molar-refractivity contribution in [3.63, 3.8) is 0 Å². The van der Waals surface area contributed by atoms with Gasteiger partial charge in [0.1, 0.15) is 18.2 Å². The minimum atomic E-state index is -0.561. The second-order valence-electron chi connectivity index (χ2n) is 7.92. The zero-order chi connectivity index (χ0) is 23.0. The summed E-state index contributed by atoms with van der Waals surface area (Å²) in [4.78, 5) is 22.8. The Hall–Kier alpha value is -3.69. The highest BCUT2D eigenvalue weighted by Gasteiger charge is 2.11. The fourth-order valence-corrected chi connectivity index (χ4v) is 3.60. The van der Waals surface area contributed by atoms with E-state index < -0.39 is 5.91 Å². The maximum atomic E-state index is 11.5. The van der Waals surface area contributed by atoms with Gasteiger partial charge >= 0.3 is 0 Å².